The summed E-state index contributed by atoms with van der Waals surface area (Å²) in [6.07, 6.45) is 4.80. The number of ether oxygens (including phenoxy) is 1. The van der Waals surface area contributed by atoms with E-state index in [1.165, 1.54) is 5.56 Å². The topological polar surface area (TPSA) is 67.6 Å². The molecule has 1 aliphatic heterocycles. The average Bonchev–Trinajstić information content (AvgIpc) is 3.02. The summed E-state index contributed by atoms with van der Waals surface area (Å²) >= 11 is 0. The van der Waals surface area contributed by atoms with Crippen molar-refractivity contribution in [2.45, 2.75) is 70.6 Å². The molecule has 4 rings (SSSR count). The number of carbonyl (C=O) groups excluding carboxylic acids is 1. The van der Waals surface area contributed by atoms with E-state index in [0.717, 1.165) is 49.1 Å². The molecular weight excluding hydrogens is 378 g/mol. The summed E-state index contributed by atoms with van der Waals surface area (Å²) in [5, 5.41) is 15.7. The first kappa shape index (κ1) is 21.1. The first-order chi connectivity index (χ1) is 14.5. The van der Waals surface area contributed by atoms with Gasteiger partial charge in [0, 0.05) is 17.8 Å². The van der Waals surface area contributed by atoms with Gasteiger partial charge < -0.3 is 14.7 Å². The standard InChI is InChI=1S/C24H33N3O3/c1-18-23(19(2)27(25-18)16-20-9-5-3-6-10-20)21-17-30-14-13-26(21)22(28)15-24(29)11-7-4-8-12-24/h3,5-6,9-10,21,29H,4,7-8,11-17H2,1-2H3. The highest BCUT2D eigenvalue weighted by Crippen LogP contribution is 2.35. The van der Waals surface area contributed by atoms with Gasteiger partial charge in [-0.25, -0.2) is 0 Å². The number of amides is 1. The number of morpholine rings is 1. The molecule has 6 nitrogen and oxygen atoms in total. The molecule has 6 heteroatoms. The van der Waals surface area contributed by atoms with E-state index < -0.39 is 5.60 Å². The Morgan fingerprint density at radius 3 is 2.67 bits per heavy atom. The largest absolute Gasteiger partial charge is 0.389 e. The van der Waals surface area contributed by atoms with Crippen molar-refractivity contribution in [3.63, 3.8) is 0 Å². The fraction of sp³-hybridized carbons (Fsp3) is 0.583. The molecular formula is C24H33N3O3. The van der Waals surface area contributed by atoms with Gasteiger partial charge in [0.15, 0.2) is 0 Å². The van der Waals surface area contributed by atoms with Crippen LogP contribution in [0.25, 0.3) is 0 Å². The minimum atomic E-state index is -0.847. The van der Waals surface area contributed by atoms with Crippen molar-refractivity contribution in [1.82, 2.24) is 14.7 Å². The molecule has 2 heterocycles. The van der Waals surface area contributed by atoms with E-state index in [0.29, 0.717) is 26.3 Å². The van der Waals surface area contributed by atoms with Crippen LogP contribution >= 0.6 is 0 Å². The Hall–Kier alpha value is -2.18. The molecule has 1 unspecified atom stereocenters. The van der Waals surface area contributed by atoms with Crippen LogP contribution < -0.4 is 0 Å². The third-order valence-electron chi connectivity index (χ3n) is 6.66. The van der Waals surface area contributed by atoms with Gasteiger partial charge >= 0.3 is 0 Å². The molecule has 1 aliphatic carbocycles. The molecule has 1 amide bonds. The lowest BCUT2D eigenvalue weighted by Crippen LogP contribution is -2.47. The summed E-state index contributed by atoms with van der Waals surface area (Å²) in [5.74, 6) is 0.0299. The first-order valence-corrected chi connectivity index (χ1v) is 11.1. The van der Waals surface area contributed by atoms with Crippen molar-refractivity contribution >= 4 is 5.91 Å². The van der Waals surface area contributed by atoms with Gasteiger partial charge in [-0.15, -0.1) is 0 Å². The smallest absolute Gasteiger partial charge is 0.226 e. The number of aromatic nitrogens is 2. The lowest BCUT2D eigenvalue weighted by Gasteiger charge is -2.39. The van der Waals surface area contributed by atoms with Crippen molar-refractivity contribution in [2.24, 2.45) is 0 Å². The molecule has 1 saturated heterocycles. The van der Waals surface area contributed by atoms with E-state index in [-0.39, 0.29) is 18.4 Å². The van der Waals surface area contributed by atoms with Crippen molar-refractivity contribution in [3.05, 3.63) is 52.8 Å². The summed E-state index contributed by atoms with van der Waals surface area (Å²) in [6, 6.07) is 10.1. The normalized spacial score (nSPS) is 21.6. The van der Waals surface area contributed by atoms with Gasteiger partial charge in [0.05, 0.1) is 43.5 Å². The van der Waals surface area contributed by atoms with Gasteiger partial charge in [-0.05, 0) is 32.3 Å². The Balaban J connectivity index is 1.56. The predicted molar refractivity (Wildman–Crippen MR) is 115 cm³/mol. The summed E-state index contributed by atoms with van der Waals surface area (Å²) < 4.78 is 7.80. The third-order valence-corrected chi connectivity index (χ3v) is 6.66. The maximum Gasteiger partial charge on any atom is 0.226 e. The molecule has 1 aromatic heterocycles. The van der Waals surface area contributed by atoms with Crippen LogP contribution in [0, 0.1) is 13.8 Å². The Morgan fingerprint density at radius 1 is 1.20 bits per heavy atom. The van der Waals surface area contributed by atoms with Crippen LogP contribution in [0.2, 0.25) is 0 Å². The number of nitrogens with zero attached hydrogens (tertiary/aromatic N) is 3. The second kappa shape index (κ2) is 8.90. The van der Waals surface area contributed by atoms with Crippen LogP contribution in [-0.4, -0.2) is 51.1 Å². The molecule has 162 valence electrons. The number of hydrogen-bond acceptors (Lipinski definition) is 4. The zero-order valence-electron chi connectivity index (χ0n) is 18.1. The maximum atomic E-state index is 13.3. The van der Waals surface area contributed by atoms with Crippen molar-refractivity contribution < 1.29 is 14.6 Å². The lowest BCUT2D eigenvalue weighted by molar-refractivity contribution is -0.146. The average molecular weight is 412 g/mol. The van der Waals surface area contributed by atoms with Crippen LogP contribution in [0.3, 0.4) is 0 Å². The Labute approximate surface area is 178 Å². The van der Waals surface area contributed by atoms with Crippen molar-refractivity contribution in [2.75, 3.05) is 19.8 Å². The fourth-order valence-corrected chi connectivity index (χ4v) is 5.01. The zero-order chi connectivity index (χ0) is 21.1. The second-order valence-electron chi connectivity index (χ2n) is 8.87. The molecule has 0 bridgehead atoms. The highest BCUT2D eigenvalue weighted by molar-refractivity contribution is 5.78. The lowest BCUT2D eigenvalue weighted by atomic mass is 9.82. The molecule has 1 N–H and O–H groups in total. The van der Waals surface area contributed by atoms with Gasteiger partial charge in [0.1, 0.15) is 0 Å². The monoisotopic (exact) mass is 411 g/mol. The van der Waals surface area contributed by atoms with Crippen LogP contribution in [0.4, 0.5) is 0 Å². The maximum absolute atomic E-state index is 13.3. The van der Waals surface area contributed by atoms with E-state index in [9.17, 15) is 9.90 Å². The predicted octanol–water partition coefficient (Wildman–Crippen LogP) is 3.53. The van der Waals surface area contributed by atoms with Gasteiger partial charge in [-0.2, -0.15) is 5.10 Å². The summed E-state index contributed by atoms with van der Waals surface area (Å²) in [6.45, 7) is 6.36. The van der Waals surface area contributed by atoms with Gasteiger partial charge in [-0.3, -0.25) is 9.48 Å². The van der Waals surface area contributed by atoms with Crippen LogP contribution in [0.1, 0.15) is 67.1 Å². The van der Waals surface area contributed by atoms with Crippen molar-refractivity contribution in [1.29, 1.82) is 0 Å². The molecule has 2 aromatic rings. The molecule has 0 radical (unpaired) electrons. The van der Waals surface area contributed by atoms with Crippen LogP contribution in [0.15, 0.2) is 30.3 Å². The summed E-state index contributed by atoms with van der Waals surface area (Å²) in [7, 11) is 0. The van der Waals surface area contributed by atoms with Crippen molar-refractivity contribution in [3.8, 4) is 0 Å². The Morgan fingerprint density at radius 2 is 1.93 bits per heavy atom. The highest BCUT2D eigenvalue weighted by Gasteiger charge is 2.38. The summed E-state index contributed by atoms with van der Waals surface area (Å²) in [5.41, 5.74) is 3.44. The van der Waals surface area contributed by atoms with Crippen LogP contribution in [0.5, 0.6) is 0 Å². The van der Waals surface area contributed by atoms with E-state index in [2.05, 4.69) is 19.1 Å². The minimum absolute atomic E-state index is 0.0299. The number of aliphatic hydroxyl groups is 1. The van der Waals surface area contributed by atoms with E-state index in [1.807, 2.05) is 34.7 Å². The van der Waals surface area contributed by atoms with Gasteiger partial charge in [0.25, 0.3) is 0 Å². The molecule has 1 aromatic carbocycles. The Bertz CT molecular complexity index is 871. The molecule has 30 heavy (non-hydrogen) atoms. The minimum Gasteiger partial charge on any atom is -0.389 e. The van der Waals surface area contributed by atoms with E-state index in [1.54, 1.807) is 0 Å². The Kier molecular flexibility index (Phi) is 6.25. The summed E-state index contributed by atoms with van der Waals surface area (Å²) in [4.78, 5) is 15.2. The van der Waals surface area contributed by atoms with Gasteiger partial charge in [0.2, 0.25) is 5.91 Å². The number of hydrogen-bond donors (Lipinski definition) is 1. The number of benzene rings is 1. The number of carbonyl (C=O) groups is 1. The molecule has 2 fully saturated rings. The molecule has 1 atom stereocenters. The fourth-order valence-electron chi connectivity index (χ4n) is 5.01. The first-order valence-electron chi connectivity index (χ1n) is 11.1. The van der Waals surface area contributed by atoms with Gasteiger partial charge in [-0.1, -0.05) is 49.6 Å². The zero-order valence-corrected chi connectivity index (χ0v) is 18.1. The molecule has 0 spiro atoms. The quantitative estimate of drug-likeness (QED) is 0.817. The van der Waals surface area contributed by atoms with E-state index >= 15 is 0 Å². The second-order valence-corrected chi connectivity index (χ2v) is 8.87. The van der Waals surface area contributed by atoms with Crippen LogP contribution in [-0.2, 0) is 16.1 Å². The number of rotatable bonds is 5. The molecule has 1 saturated carbocycles. The molecule has 2 aliphatic rings. The SMILES string of the molecule is Cc1nn(Cc2ccccc2)c(C)c1C1COCCN1C(=O)CC1(O)CCCCC1. The highest BCUT2D eigenvalue weighted by atomic mass is 16.5. The number of aryl methyl sites for hydroxylation is 1. The third kappa shape index (κ3) is 4.44. The van der Waals surface area contributed by atoms with E-state index in [4.69, 9.17) is 9.84 Å².